The van der Waals surface area contributed by atoms with E-state index in [1.165, 1.54) is 18.3 Å². The zero-order chi connectivity index (χ0) is 13.4. The SMILES string of the molecule is CN(C)CCOCCNc1ncccc1[N+](=O)[O-]. The van der Waals surface area contributed by atoms with Crippen LogP contribution in [0.2, 0.25) is 0 Å². The van der Waals surface area contributed by atoms with E-state index in [1.54, 1.807) is 0 Å². The molecule has 0 amide bonds. The lowest BCUT2D eigenvalue weighted by Crippen LogP contribution is -2.20. The van der Waals surface area contributed by atoms with Crippen LogP contribution in [-0.4, -0.2) is 55.2 Å². The summed E-state index contributed by atoms with van der Waals surface area (Å²) in [6.45, 7) is 2.47. The van der Waals surface area contributed by atoms with E-state index in [1.807, 2.05) is 19.0 Å². The fourth-order valence-electron chi connectivity index (χ4n) is 1.27. The van der Waals surface area contributed by atoms with Gasteiger partial charge in [-0.3, -0.25) is 10.1 Å². The van der Waals surface area contributed by atoms with E-state index in [-0.39, 0.29) is 11.5 Å². The predicted molar refractivity (Wildman–Crippen MR) is 68.8 cm³/mol. The third-order valence-corrected chi connectivity index (χ3v) is 2.20. The molecule has 0 spiro atoms. The lowest BCUT2D eigenvalue weighted by atomic mass is 10.4. The van der Waals surface area contributed by atoms with E-state index in [9.17, 15) is 10.1 Å². The summed E-state index contributed by atoms with van der Waals surface area (Å²) in [7, 11) is 3.94. The van der Waals surface area contributed by atoms with Crippen LogP contribution < -0.4 is 5.32 Å². The number of hydrogen-bond donors (Lipinski definition) is 1. The molecular formula is C11H18N4O3. The number of nitrogens with zero attached hydrogens (tertiary/aromatic N) is 3. The highest BCUT2D eigenvalue weighted by Gasteiger charge is 2.12. The van der Waals surface area contributed by atoms with Gasteiger partial charge in [-0.1, -0.05) is 0 Å². The van der Waals surface area contributed by atoms with Crippen LogP contribution in [0, 0.1) is 10.1 Å². The van der Waals surface area contributed by atoms with E-state index in [0.717, 1.165) is 6.54 Å². The highest BCUT2D eigenvalue weighted by atomic mass is 16.6. The topological polar surface area (TPSA) is 80.5 Å². The van der Waals surface area contributed by atoms with E-state index in [2.05, 4.69) is 10.3 Å². The number of ether oxygens (including phenoxy) is 1. The van der Waals surface area contributed by atoms with Crippen LogP contribution in [-0.2, 0) is 4.74 Å². The first-order valence-electron chi connectivity index (χ1n) is 5.67. The molecule has 1 rings (SSSR count). The minimum absolute atomic E-state index is 0.0224. The molecule has 0 unspecified atom stereocenters. The highest BCUT2D eigenvalue weighted by molar-refractivity contribution is 5.54. The van der Waals surface area contributed by atoms with Gasteiger partial charge >= 0.3 is 5.69 Å². The minimum Gasteiger partial charge on any atom is -0.378 e. The molecule has 0 saturated carbocycles. The van der Waals surface area contributed by atoms with Gasteiger partial charge in [0.1, 0.15) is 0 Å². The number of nitrogens with one attached hydrogen (secondary N) is 1. The summed E-state index contributed by atoms with van der Waals surface area (Å²) < 4.78 is 5.36. The van der Waals surface area contributed by atoms with E-state index < -0.39 is 4.92 Å². The maximum atomic E-state index is 10.7. The molecule has 100 valence electrons. The second kappa shape index (κ2) is 7.57. The Morgan fingerprint density at radius 1 is 1.50 bits per heavy atom. The van der Waals surface area contributed by atoms with Crippen LogP contribution >= 0.6 is 0 Å². The third kappa shape index (κ3) is 5.07. The molecule has 0 aliphatic rings. The molecule has 0 aliphatic heterocycles. The summed E-state index contributed by atoms with van der Waals surface area (Å²) in [6.07, 6.45) is 1.52. The number of hydrogen-bond acceptors (Lipinski definition) is 6. The number of rotatable bonds is 8. The maximum Gasteiger partial charge on any atom is 0.311 e. The lowest BCUT2D eigenvalue weighted by molar-refractivity contribution is -0.384. The van der Waals surface area contributed by atoms with Crippen molar-refractivity contribution in [3.63, 3.8) is 0 Å². The molecule has 0 aliphatic carbocycles. The Morgan fingerprint density at radius 2 is 2.28 bits per heavy atom. The van der Waals surface area contributed by atoms with Crippen molar-refractivity contribution in [3.8, 4) is 0 Å². The quantitative estimate of drug-likeness (QED) is 0.423. The highest BCUT2D eigenvalue weighted by Crippen LogP contribution is 2.19. The zero-order valence-corrected chi connectivity index (χ0v) is 10.6. The normalized spacial score (nSPS) is 10.6. The van der Waals surface area contributed by atoms with Gasteiger partial charge in [-0.2, -0.15) is 0 Å². The van der Waals surface area contributed by atoms with Crippen molar-refractivity contribution in [2.24, 2.45) is 0 Å². The second-order valence-corrected chi connectivity index (χ2v) is 3.97. The number of likely N-dealkylation sites (N-methyl/N-ethyl adjacent to an activating group) is 1. The predicted octanol–water partition coefficient (Wildman–Crippen LogP) is 0.980. The Balaban J connectivity index is 2.29. The fraction of sp³-hybridized carbons (Fsp3) is 0.545. The largest absolute Gasteiger partial charge is 0.378 e. The average molecular weight is 254 g/mol. The molecule has 1 heterocycles. The van der Waals surface area contributed by atoms with Gasteiger partial charge in [0.25, 0.3) is 0 Å². The van der Waals surface area contributed by atoms with E-state index >= 15 is 0 Å². The van der Waals surface area contributed by atoms with Gasteiger partial charge in [-0.15, -0.1) is 0 Å². The minimum atomic E-state index is -0.456. The van der Waals surface area contributed by atoms with Gasteiger partial charge in [0, 0.05) is 25.4 Å². The van der Waals surface area contributed by atoms with Crippen molar-refractivity contribution >= 4 is 11.5 Å². The van der Waals surface area contributed by atoms with Crippen molar-refractivity contribution in [1.29, 1.82) is 0 Å². The molecule has 1 aromatic heterocycles. The van der Waals surface area contributed by atoms with Crippen LogP contribution in [0.25, 0.3) is 0 Å². The third-order valence-electron chi connectivity index (χ3n) is 2.20. The van der Waals surface area contributed by atoms with Crippen molar-refractivity contribution in [2.75, 3.05) is 45.7 Å². The summed E-state index contributed by atoms with van der Waals surface area (Å²) in [5.41, 5.74) is -0.0224. The van der Waals surface area contributed by atoms with Gasteiger partial charge in [0.15, 0.2) is 0 Å². The Morgan fingerprint density at radius 3 is 2.94 bits per heavy atom. The van der Waals surface area contributed by atoms with Crippen LogP contribution in [0.4, 0.5) is 11.5 Å². The molecule has 1 N–H and O–H groups in total. The summed E-state index contributed by atoms with van der Waals surface area (Å²) >= 11 is 0. The monoisotopic (exact) mass is 254 g/mol. The Kier molecular flexibility index (Phi) is 6.03. The summed E-state index contributed by atoms with van der Waals surface area (Å²) in [4.78, 5) is 16.2. The van der Waals surface area contributed by atoms with Crippen molar-refractivity contribution < 1.29 is 9.66 Å². The van der Waals surface area contributed by atoms with Crippen molar-refractivity contribution in [3.05, 3.63) is 28.4 Å². The summed E-state index contributed by atoms with van der Waals surface area (Å²) in [6, 6.07) is 2.96. The first-order valence-corrected chi connectivity index (χ1v) is 5.67. The Hall–Kier alpha value is -1.73. The molecule has 7 nitrogen and oxygen atoms in total. The molecule has 0 radical (unpaired) electrons. The van der Waals surface area contributed by atoms with Crippen LogP contribution in [0.3, 0.4) is 0 Å². The van der Waals surface area contributed by atoms with Crippen LogP contribution in [0.1, 0.15) is 0 Å². The molecule has 0 fully saturated rings. The number of aromatic nitrogens is 1. The zero-order valence-electron chi connectivity index (χ0n) is 10.6. The van der Waals surface area contributed by atoms with Gasteiger partial charge < -0.3 is 15.0 Å². The molecule has 7 heteroatoms. The lowest BCUT2D eigenvalue weighted by Gasteiger charge is -2.10. The Labute approximate surface area is 106 Å². The van der Waals surface area contributed by atoms with Gasteiger partial charge in [0.05, 0.1) is 18.1 Å². The maximum absolute atomic E-state index is 10.7. The second-order valence-electron chi connectivity index (χ2n) is 3.97. The van der Waals surface area contributed by atoms with Crippen molar-refractivity contribution in [2.45, 2.75) is 0 Å². The van der Waals surface area contributed by atoms with Gasteiger partial charge in [-0.05, 0) is 20.2 Å². The average Bonchev–Trinajstić information content (AvgIpc) is 2.33. The molecule has 0 aromatic carbocycles. The fourth-order valence-corrected chi connectivity index (χ4v) is 1.27. The van der Waals surface area contributed by atoms with Gasteiger partial charge in [-0.25, -0.2) is 4.98 Å². The standard InChI is InChI=1S/C11H18N4O3/c1-14(2)7-9-18-8-6-13-11-10(15(16)17)4-3-5-12-11/h3-5H,6-9H2,1-2H3,(H,12,13). The molecule has 0 bridgehead atoms. The van der Waals surface area contributed by atoms with Crippen LogP contribution in [0.5, 0.6) is 0 Å². The first-order chi connectivity index (χ1) is 8.61. The number of nitro groups is 1. The molecule has 0 atom stereocenters. The van der Waals surface area contributed by atoms with Gasteiger partial charge in [0.2, 0.25) is 5.82 Å². The van der Waals surface area contributed by atoms with E-state index in [0.29, 0.717) is 19.8 Å². The Bertz CT molecular complexity index is 384. The molecular weight excluding hydrogens is 236 g/mol. The van der Waals surface area contributed by atoms with Crippen molar-refractivity contribution in [1.82, 2.24) is 9.88 Å². The summed E-state index contributed by atoms with van der Waals surface area (Å²) in [5, 5.41) is 13.6. The number of anilines is 1. The van der Waals surface area contributed by atoms with Crippen LogP contribution in [0.15, 0.2) is 18.3 Å². The number of pyridine rings is 1. The first kappa shape index (κ1) is 14.3. The van der Waals surface area contributed by atoms with E-state index in [4.69, 9.17) is 4.74 Å². The summed E-state index contributed by atoms with van der Waals surface area (Å²) in [5.74, 6) is 0.277. The molecule has 0 saturated heterocycles. The molecule has 18 heavy (non-hydrogen) atoms. The molecule has 1 aromatic rings. The smallest absolute Gasteiger partial charge is 0.311 e.